The van der Waals surface area contributed by atoms with Crippen LogP contribution in [0.15, 0.2) is 36.9 Å². The van der Waals surface area contributed by atoms with Gasteiger partial charge in [0.1, 0.15) is 17.1 Å². The summed E-state index contributed by atoms with van der Waals surface area (Å²) in [4.78, 5) is 12.6. The molecule has 0 aliphatic heterocycles. The van der Waals surface area contributed by atoms with Gasteiger partial charge in [-0.25, -0.2) is 9.97 Å². The van der Waals surface area contributed by atoms with Crippen molar-refractivity contribution in [2.24, 2.45) is 7.05 Å². The average molecular weight is 245 g/mol. The number of fused-ring (bicyclic) bond motifs is 1. The molecule has 5 heteroatoms. The molecule has 0 bridgehead atoms. The summed E-state index contributed by atoms with van der Waals surface area (Å²) in [6.07, 6.45) is 5.06. The Morgan fingerprint density at radius 1 is 1.29 bits per heavy atom. The van der Waals surface area contributed by atoms with Gasteiger partial charge in [0.15, 0.2) is 0 Å². The molecule has 3 rings (SSSR count). The van der Waals surface area contributed by atoms with E-state index >= 15 is 0 Å². The highest BCUT2D eigenvalue weighted by Gasteiger charge is 2.11. The molecule has 0 unspecified atom stereocenters. The summed E-state index contributed by atoms with van der Waals surface area (Å²) in [7, 11) is 1.88. The smallest absolute Gasteiger partial charge is 0.144 e. The van der Waals surface area contributed by atoms with Crippen LogP contribution in [0.1, 0.15) is 0 Å². The number of halogens is 1. The van der Waals surface area contributed by atoms with Crippen LogP contribution in [0.5, 0.6) is 0 Å². The first-order chi connectivity index (χ1) is 8.27. The van der Waals surface area contributed by atoms with Gasteiger partial charge in [-0.2, -0.15) is 0 Å². The van der Waals surface area contributed by atoms with Gasteiger partial charge in [0.05, 0.1) is 5.69 Å². The maximum Gasteiger partial charge on any atom is 0.144 e. The molecule has 0 aliphatic carbocycles. The topological polar surface area (TPSA) is 43.6 Å². The van der Waals surface area contributed by atoms with Crippen LogP contribution in [0.2, 0.25) is 5.15 Å². The van der Waals surface area contributed by atoms with E-state index in [4.69, 9.17) is 11.6 Å². The largest absolute Gasteiger partial charge is 0.319 e. The molecule has 4 nitrogen and oxygen atoms in total. The van der Waals surface area contributed by atoms with E-state index in [1.807, 2.05) is 29.8 Å². The van der Waals surface area contributed by atoms with E-state index in [2.05, 4.69) is 15.0 Å². The molecule has 3 aromatic heterocycles. The highest BCUT2D eigenvalue weighted by Crippen LogP contribution is 2.28. The molecular weight excluding hydrogens is 236 g/mol. The van der Waals surface area contributed by atoms with Crippen LogP contribution in [0.25, 0.3) is 22.3 Å². The van der Waals surface area contributed by atoms with Crippen molar-refractivity contribution in [3.63, 3.8) is 0 Å². The molecule has 0 atom stereocenters. The van der Waals surface area contributed by atoms with Gasteiger partial charge in [-0.15, -0.1) is 0 Å². The van der Waals surface area contributed by atoms with E-state index in [0.717, 1.165) is 22.3 Å². The van der Waals surface area contributed by atoms with Gasteiger partial charge in [-0.05, 0) is 18.2 Å². The van der Waals surface area contributed by atoms with Gasteiger partial charge >= 0.3 is 0 Å². The second-order valence-corrected chi connectivity index (χ2v) is 4.11. The number of rotatable bonds is 1. The van der Waals surface area contributed by atoms with Gasteiger partial charge in [0, 0.05) is 30.4 Å². The first-order valence-electron chi connectivity index (χ1n) is 5.13. The molecular formula is C12H9ClN4. The standard InChI is InChI=1S/C12H9ClN4/c1-17-10(13)5-9-11(15-7-16-12(9)17)8-3-2-4-14-6-8/h2-7H,1H3. The summed E-state index contributed by atoms with van der Waals surface area (Å²) in [6.45, 7) is 0. The molecule has 0 spiro atoms. The lowest BCUT2D eigenvalue weighted by atomic mass is 10.1. The highest BCUT2D eigenvalue weighted by atomic mass is 35.5. The zero-order valence-corrected chi connectivity index (χ0v) is 9.89. The van der Waals surface area contributed by atoms with Crippen LogP contribution >= 0.6 is 11.6 Å². The monoisotopic (exact) mass is 244 g/mol. The van der Waals surface area contributed by atoms with Crippen molar-refractivity contribution in [1.29, 1.82) is 0 Å². The summed E-state index contributed by atoms with van der Waals surface area (Å²) < 4.78 is 1.83. The summed E-state index contributed by atoms with van der Waals surface area (Å²) in [5.41, 5.74) is 2.64. The minimum atomic E-state index is 0.644. The molecule has 17 heavy (non-hydrogen) atoms. The highest BCUT2D eigenvalue weighted by molar-refractivity contribution is 6.31. The number of hydrogen-bond donors (Lipinski definition) is 0. The zero-order valence-electron chi connectivity index (χ0n) is 9.13. The lowest BCUT2D eigenvalue weighted by molar-refractivity contribution is 0.945. The van der Waals surface area contributed by atoms with Crippen LogP contribution in [-0.2, 0) is 7.05 Å². The number of pyridine rings is 1. The van der Waals surface area contributed by atoms with Crippen molar-refractivity contribution in [2.75, 3.05) is 0 Å². The minimum Gasteiger partial charge on any atom is -0.319 e. The molecule has 3 heterocycles. The molecule has 0 radical (unpaired) electrons. The lowest BCUT2D eigenvalue weighted by Gasteiger charge is -2.01. The van der Waals surface area contributed by atoms with E-state index in [-0.39, 0.29) is 0 Å². The van der Waals surface area contributed by atoms with Crippen LogP contribution in [0, 0.1) is 0 Å². The number of nitrogens with zero attached hydrogens (tertiary/aromatic N) is 4. The second kappa shape index (κ2) is 3.82. The molecule has 0 saturated heterocycles. The first-order valence-corrected chi connectivity index (χ1v) is 5.51. The average Bonchev–Trinajstić information content (AvgIpc) is 2.67. The Balaban J connectivity index is 2.35. The minimum absolute atomic E-state index is 0.644. The molecule has 0 amide bonds. The Bertz CT molecular complexity index is 676. The van der Waals surface area contributed by atoms with Crippen molar-refractivity contribution in [2.45, 2.75) is 0 Å². The Labute approximate surface area is 103 Å². The fourth-order valence-corrected chi connectivity index (χ4v) is 2.03. The quantitative estimate of drug-likeness (QED) is 0.661. The van der Waals surface area contributed by atoms with Crippen molar-refractivity contribution in [3.05, 3.63) is 42.1 Å². The fourth-order valence-electron chi connectivity index (χ4n) is 1.84. The van der Waals surface area contributed by atoms with Gasteiger partial charge in [-0.1, -0.05) is 11.6 Å². The summed E-state index contributed by atoms with van der Waals surface area (Å²) in [5.74, 6) is 0. The normalized spacial score (nSPS) is 10.9. The maximum atomic E-state index is 6.09. The van der Waals surface area contributed by atoms with E-state index in [1.165, 1.54) is 0 Å². The predicted molar refractivity (Wildman–Crippen MR) is 66.8 cm³/mol. The predicted octanol–water partition coefficient (Wildman–Crippen LogP) is 2.68. The van der Waals surface area contributed by atoms with Crippen molar-refractivity contribution < 1.29 is 0 Å². The van der Waals surface area contributed by atoms with Crippen molar-refractivity contribution in [1.82, 2.24) is 19.5 Å². The van der Waals surface area contributed by atoms with E-state index in [0.29, 0.717) is 5.15 Å². The third-order valence-corrected chi connectivity index (χ3v) is 3.06. The Morgan fingerprint density at radius 2 is 2.18 bits per heavy atom. The van der Waals surface area contributed by atoms with E-state index in [9.17, 15) is 0 Å². The molecule has 0 saturated carbocycles. The van der Waals surface area contributed by atoms with Crippen LogP contribution in [0.3, 0.4) is 0 Å². The molecule has 0 N–H and O–H groups in total. The number of aromatic nitrogens is 4. The third-order valence-electron chi connectivity index (χ3n) is 2.70. The van der Waals surface area contributed by atoms with Crippen LogP contribution < -0.4 is 0 Å². The summed E-state index contributed by atoms with van der Waals surface area (Å²) in [6, 6.07) is 5.72. The second-order valence-electron chi connectivity index (χ2n) is 3.73. The summed E-state index contributed by atoms with van der Waals surface area (Å²) >= 11 is 6.09. The molecule has 0 aliphatic rings. The van der Waals surface area contributed by atoms with Gasteiger partial charge < -0.3 is 4.57 Å². The van der Waals surface area contributed by atoms with Gasteiger partial charge in [0.2, 0.25) is 0 Å². The molecule has 0 aromatic carbocycles. The van der Waals surface area contributed by atoms with Crippen LogP contribution in [-0.4, -0.2) is 19.5 Å². The number of hydrogen-bond acceptors (Lipinski definition) is 3. The van der Waals surface area contributed by atoms with Crippen molar-refractivity contribution >= 4 is 22.6 Å². The van der Waals surface area contributed by atoms with E-state index < -0.39 is 0 Å². The Kier molecular flexibility index (Phi) is 2.30. The Hall–Kier alpha value is -1.94. The van der Waals surface area contributed by atoms with Crippen molar-refractivity contribution in [3.8, 4) is 11.3 Å². The SMILES string of the molecule is Cn1c(Cl)cc2c(-c3cccnc3)ncnc21. The lowest BCUT2D eigenvalue weighted by Crippen LogP contribution is -1.92. The fraction of sp³-hybridized carbons (Fsp3) is 0.0833. The number of aryl methyl sites for hydroxylation is 1. The maximum absolute atomic E-state index is 6.09. The molecule has 84 valence electrons. The summed E-state index contributed by atoms with van der Waals surface area (Å²) in [5, 5.41) is 1.58. The third kappa shape index (κ3) is 1.57. The van der Waals surface area contributed by atoms with Gasteiger partial charge in [-0.3, -0.25) is 4.98 Å². The molecule has 0 fully saturated rings. The van der Waals surface area contributed by atoms with Crippen LogP contribution in [0.4, 0.5) is 0 Å². The van der Waals surface area contributed by atoms with E-state index in [1.54, 1.807) is 18.7 Å². The Morgan fingerprint density at radius 3 is 2.94 bits per heavy atom. The molecule has 3 aromatic rings. The zero-order chi connectivity index (χ0) is 11.8. The first kappa shape index (κ1) is 10.2. The van der Waals surface area contributed by atoms with Gasteiger partial charge in [0.25, 0.3) is 0 Å².